The van der Waals surface area contributed by atoms with Gasteiger partial charge < -0.3 is 14.6 Å². The van der Waals surface area contributed by atoms with Gasteiger partial charge in [0, 0.05) is 5.56 Å². The largest absolute Gasteiger partial charge is 0.460 e. The molecule has 10 heteroatoms. The zero-order chi connectivity index (χ0) is 29.2. The van der Waals surface area contributed by atoms with E-state index < -0.39 is 98.1 Å². The number of nitrogens with two attached hydrogens (primary N) is 1. The highest BCUT2D eigenvalue weighted by Crippen LogP contribution is 2.35. The van der Waals surface area contributed by atoms with Gasteiger partial charge in [0.1, 0.15) is 5.70 Å². The average molecular weight is 423 g/mol. The Morgan fingerprint density at radius 3 is 2.46 bits per heavy atom. The zero-order valence-corrected chi connectivity index (χ0v) is 14.2. The maximum atomic E-state index is 13.0. The van der Waals surface area contributed by atoms with Crippen LogP contribution < -0.4 is 5.72 Å². The van der Waals surface area contributed by atoms with Crippen LogP contribution in [-0.2, 0) is 35.7 Å². The summed E-state index contributed by atoms with van der Waals surface area (Å²) >= 11 is 0. The molecule has 148 valence electrons. The monoisotopic (exact) mass is 423 g/mol. The Hall–Kier alpha value is -3.01. The summed E-state index contributed by atoms with van der Waals surface area (Å²) in [6, 6.07) is -3.39. The van der Waals surface area contributed by atoms with Crippen molar-refractivity contribution in [3.05, 3.63) is 82.8 Å². The minimum atomic E-state index is -5.86. The van der Waals surface area contributed by atoms with Gasteiger partial charge in [0.2, 0.25) is 17.4 Å². The van der Waals surface area contributed by atoms with Crippen LogP contribution in [0.5, 0.6) is 0 Å². The molecule has 2 aromatic rings. The standard InChI is InChI=1S/C18H14F3NO5S/c19-18(20,21)13-8-6-12(7-9-13)15-14(23)16(17(22)26-15)27-28(24,25)10-11-4-2-1-3-5-11/h1-9,15H,10,22H2/t15-/m0/s1/i1D,2D,3D,4D,5D,10D2,15D/hD2. The lowest BCUT2D eigenvalue weighted by atomic mass is 10.0. The van der Waals surface area contributed by atoms with E-state index in [1.165, 1.54) is 0 Å². The average Bonchev–Trinajstić information content (AvgIpc) is 3.07. The lowest BCUT2D eigenvalue weighted by Crippen LogP contribution is -2.16. The third kappa shape index (κ3) is 4.28. The summed E-state index contributed by atoms with van der Waals surface area (Å²) < 4.78 is 151. The molecular formula is C18H14F3NO5S. The van der Waals surface area contributed by atoms with Crippen molar-refractivity contribution < 1.29 is 49.1 Å². The normalized spacial score (nSPS) is 25.6. The molecule has 1 aliphatic rings. The topological polar surface area (TPSA) is 95.7 Å². The van der Waals surface area contributed by atoms with E-state index >= 15 is 0 Å². The summed E-state index contributed by atoms with van der Waals surface area (Å²) in [5.41, 5.74) is -7.60. The Labute approximate surface area is 172 Å². The number of rotatable bonds is 6. The van der Waals surface area contributed by atoms with Crippen molar-refractivity contribution in [1.82, 2.24) is 0 Å². The van der Waals surface area contributed by atoms with Gasteiger partial charge in [-0.05, 0) is 17.7 Å². The van der Waals surface area contributed by atoms with Crippen molar-refractivity contribution in [1.29, 1.82) is 0 Å². The van der Waals surface area contributed by atoms with Gasteiger partial charge in [-0.25, -0.2) is 0 Å². The van der Waals surface area contributed by atoms with E-state index in [9.17, 15) is 26.4 Å². The molecule has 1 heterocycles. The van der Waals surface area contributed by atoms with Crippen LogP contribution in [0.25, 0.3) is 0 Å². The van der Waals surface area contributed by atoms with Crippen LogP contribution in [0.2, 0.25) is 2.82 Å². The fraction of sp³-hybridized carbons (Fsp3) is 0.167. The molecule has 0 radical (unpaired) electrons. The molecule has 28 heavy (non-hydrogen) atoms. The molecule has 0 saturated carbocycles. The number of hydrogen-bond acceptors (Lipinski definition) is 6. The molecule has 0 bridgehead atoms. The van der Waals surface area contributed by atoms with E-state index in [1.807, 2.05) is 0 Å². The number of alkyl halides is 3. The minimum Gasteiger partial charge on any atom is -0.460 e. The van der Waals surface area contributed by atoms with Crippen molar-refractivity contribution >= 4 is 15.9 Å². The third-order valence-electron chi connectivity index (χ3n) is 3.20. The first-order valence-electron chi connectivity index (χ1n) is 12.0. The van der Waals surface area contributed by atoms with Crippen molar-refractivity contribution in [2.75, 3.05) is 0 Å². The van der Waals surface area contributed by atoms with Crippen LogP contribution in [0, 0.1) is 0 Å². The molecule has 0 unspecified atom stereocenters. The van der Waals surface area contributed by atoms with Crippen LogP contribution in [0.15, 0.2) is 66.1 Å². The number of Topliss-reactive ketones (excluding diaryl/α,β-unsaturated/α-hetero) is 1. The molecule has 2 N–H and O–H groups in total. The van der Waals surface area contributed by atoms with Crippen LogP contribution >= 0.6 is 0 Å². The van der Waals surface area contributed by atoms with Crippen molar-refractivity contribution in [3.8, 4) is 0 Å². The molecule has 0 amide bonds. The Kier molecular flexibility index (Phi) is 2.70. The summed E-state index contributed by atoms with van der Waals surface area (Å²) in [6.45, 7) is 0. The molecule has 1 atom stereocenters. The van der Waals surface area contributed by atoms with E-state index in [0.29, 0.717) is 24.3 Å². The maximum absolute atomic E-state index is 13.0. The SMILES string of the molecule is [2H]c1c([2H])c([2H])c(C([2H])([2H])S(=O)(=O)OC2=C(N([2H])[2H])O[C@@]([2H])(c3ccc(C(F)(F)F)cc3)C2=O)c([2H])c1[2H]. The van der Waals surface area contributed by atoms with Crippen molar-refractivity contribution in [3.63, 3.8) is 0 Å². The van der Waals surface area contributed by atoms with Gasteiger partial charge in [-0.15, -0.1) is 0 Å². The van der Waals surface area contributed by atoms with Gasteiger partial charge >= 0.3 is 16.3 Å². The second-order valence-electron chi connectivity index (χ2n) is 5.11. The number of benzene rings is 2. The van der Waals surface area contributed by atoms with Gasteiger partial charge in [0.25, 0.3) is 0 Å². The summed E-state index contributed by atoms with van der Waals surface area (Å²) in [5.74, 6) is -4.69. The van der Waals surface area contributed by atoms with Crippen molar-refractivity contribution in [2.24, 2.45) is 5.72 Å². The Morgan fingerprint density at radius 1 is 1.25 bits per heavy atom. The van der Waals surface area contributed by atoms with E-state index in [2.05, 4.69) is 4.18 Å². The third-order valence-corrected chi connectivity index (χ3v) is 4.04. The molecular weight excluding hydrogens is 399 g/mol. The van der Waals surface area contributed by atoms with Crippen molar-refractivity contribution in [2.45, 2.75) is 18.0 Å². The van der Waals surface area contributed by atoms with Gasteiger partial charge in [-0.2, -0.15) is 21.6 Å². The number of ketones is 1. The maximum Gasteiger partial charge on any atom is 0.416 e. The lowest BCUT2D eigenvalue weighted by Gasteiger charge is -2.12. The van der Waals surface area contributed by atoms with Gasteiger partial charge in [-0.1, -0.05) is 42.3 Å². The molecule has 1 aliphatic heterocycles. The number of carbonyl (C=O) groups excluding carboxylic acids is 1. The quantitative estimate of drug-likeness (QED) is 0.718. The summed E-state index contributed by atoms with van der Waals surface area (Å²) in [5, 5.41) is 0. The fourth-order valence-electron chi connectivity index (χ4n) is 2.02. The van der Waals surface area contributed by atoms with E-state index in [4.69, 9.17) is 18.5 Å². The predicted molar refractivity (Wildman–Crippen MR) is 91.6 cm³/mol. The predicted octanol–water partition coefficient (Wildman–Crippen LogP) is 3.02. The Balaban J connectivity index is 2.09. The van der Waals surface area contributed by atoms with Crippen LogP contribution in [0.1, 0.15) is 33.7 Å². The molecule has 3 rings (SSSR count). The van der Waals surface area contributed by atoms with Crippen LogP contribution in [-0.4, -0.2) is 14.2 Å². The first kappa shape index (κ1) is 10.5. The summed E-state index contributed by atoms with van der Waals surface area (Å²) in [4.78, 5) is 13.0. The zero-order valence-electron chi connectivity index (χ0n) is 23.3. The second-order valence-corrected chi connectivity index (χ2v) is 6.39. The smallest absolute Gasteiger partial charge is 0.416 e. The highest BCUT2D eigenvalue weighted by atomic mass is 32.2. The number of hydrogen-bond donors (Lipinski definition) is 1. The van der Waals surface area contributed by atoms with Gasteiger partial charge in [-0.3, -0.25) is 4.79 Å². The molecule has 0 aromatic heterocycles. The Morgan fingerprint density at radius 2 is 1.89 bits per heavy atom. The molecule has 0 spiro atoms. The van der Waals surface area contributed by atoms with Crippen LogP contribution in [0.4, 0.5) is 13.2 Å². The summed E-state index contributed by atoms with van der Waals surface area (Å²) in [6.07, 6.45) is -7.84. The molecule has 0 fully saturated rings. The first-order valence-corrected chi connectivity index (χ1v) is 8.54. The van der Waals surface area contributed by atoms with E-state index in [0.717, 1.165) is 0 Å². The number of ether oxygens (including phenoxy) is 1. The highest BCUT2D eigenvalue weighted by Gasteiger charge is 2.40. The molecule has 2 aromatic carbocycles. The minimum absolute atomic E-state index is 0.480. The summed E-state index contributed by atoms with van der Waals surface area (Å²) in [7, 11) is -5.86. The van der Waals surface area contributed by atoms with E-state index in [1.54, 1.807) is 0 Å². The molecule has 0 aliphatic carbocycles. The number of carbonyl (C=O) groups is 1. The fourth-order valence-corrected chi connectivity index (χ4v) is 2.78. The van der Waals surface area contributed by atoms with E-state index in [-0.39, 0.29) is 0 Å². The van der Waals surface area contributed by atoms with Gasteiger partial charge in [0.05, 0.1) is 16.5 Å². The van der Waals surface area contributed by atoms with Gasteiger partial charge in [0.15, 0.2) is 8.90 Å². The highest BCUT2D eigenvalue weighted by molar-refractivity contribution is 7.86. The number of halogens is 3. The van der Waals surface area contributed by atoms with Crippen LogP contribution in [0.3, 0.4) is 0 Å². The molecule has 6 nitrogen and oxygen atoms in total. The lowest BCUT2D eigenvalue weighted by molar-refractivity contribution is -0.137. The Bertz CT molecular complexity index is 1440. The second kappa shape index (κ2) is 7.19. The first-order chi connectivity index (χ1) is 17.2. The molecule has 0 saturated heterocycles.